The molecule has 0 aliphatic heterocycles. The molecule has 2 heterocycles. The summed E-state index contributed by atoms with van der Waals surface area (Å²) in [6, 6.07) is 5.61. The molecule has 0 unspecified atom stereocenters. The Balaban J connectivity index is 2.19. The second-order valence-electron chi connectivity index (χ2n) is 3.24. The van der Waals surface area contributed by atoms with E-state index in [9.17, 15) is 13.2 Å². The zero-order valence-corrected chi connectivity index (χ0v) is 9.55. The van der Waals surface area contributed by atoms with Crippen LogP contribution in [0.1, 0.15) is 10.4 Å². The van der Waals surface area contributed by atoms with Gasteiger partial charge in [0.05, 0.1) is 11.6 Å². The molecule has 0 aliphatic carbocycles. The molecule has 0 radical (unpaired) electrons. The first-order valence-corrected chi connectivity index (χ1v) is 5.57. The van der Waals surface area contributed by atoms with Gasteiger partial charge in [-0.15, -0.1) is 11.3 Å². The quantitative estimate of drug-likeness (QED) is 0.833. The van der Waals surface area contributed by atoms with E-state index >= 15 is 0 Å². The van der Waals surface area contributed by atoms with Gasteiger partial charge in [0.2, 0.25) is 5.88 Å². The Morgan fingerprint density at radius 1 is 1.33 bits per heavy atom. The SMILES string of the molecule is N#Cc1ccnc(Oc2csc(C(F)(F)F)c2)c1. The molecule has 0 spiro atoms. The van der Waals surface area contributed by atoms with Crippen LogP contribution in [-0.4, -0.2) is 4.98 Å². The van der Waals surface area contributed by atoms with Gasteiger partial charge in [-0.3, -0.25) is 0 Å². The Morgan fingerprint density at radius 2 is 2.11 bits per heavy atom. The van der Waals surface area contributed by atoms with Gasteiger partial charge >= 0.3 is 6.18 Å². The molecule has 0 aromatic carbocycles. The number of ether oxygens (including phenoxy) is 1. The number of hydrogen-bond acceptors (Lipinski definition) is 4. The molecule has 0 atom stereocenters. The summed E-state index contributed by atoms with van der Waals surface area (Å²) >= 11 is 0.543. The lowest BCUT2D eigenvalue weighted by Crippen LogP contribution is -2.00. The van der Waals surface area contributed by atoms with E-state index in [2.05, 4.69) is 4.98 Å². The third kappa shape index (κ3) is 2.78. The highest BCUT2D eigenvalue weighted by Gasteiger charge is 2.32. The minimum absolute atomic E-state index is 0.0508. The number of halogens is 3. The summed E-state index contributed by atoms with van der Waals surface area (Å²) in [5, 5.41) is 9.90. The fourth-order valence-electron chi connectivity index (χ4n) is 1.18. The number of pyridine rings is 1. The summed E-state index contributed by atoms with van der Waals surface area (Å²) in [6.45, 7) is 0. The van der Waals surface area contributed by atoms with Crippen LogP contribution >= 0.6 is 11.3 Å². The van der Waals surface area contributed by atoms with Crippen molar-refractivity contribution in [1.82, 2.24) is 4.98 Å². The summed E-state index contributed by atoms with van der Waals surface area (Å²) in [5.74, 6) is 0.135. The Kier molecular flexibility index (Phi) is 3.21. The van der Waals surface area contributed by atoms with Gasteiger partial charge in [0.1, 0.15) is 10.6 Å². The summed E-state index contributed by atoms with van der Waals surface area (Å²) in [7, 11) is 0. The molecule has 3 nitrogen and oxygen atoms in total. The molecule has 0 saturated carbocycles. The van der Waals surface area contributed by atoms with Gasteiger partial charge in [0.15, 0.2) is 0 Å². The number of nitriles is 1. The van der Waals surface area contributed by atoms with Crippen LogP contribution in [0.2, 0.25) is 0 Å². The van der Waals surface area contributed by atoms with E-state index in [4.69, 9.17) is 10.00 Å². The third-order valence-electron chi connectivity index (χ3n) is 1.94. The van der Waals surface area contributed by atoms with E-state index in [-0.39, 0.29) is 11.6 Å². The molecule has 0 fully saturated rings. The Labute approximate surface area is 104 Å². The third-order valence-corrected chi connectivity index (χ3v) is 2.89. The molecule has 0 aliphatic rings. The largest absolute Gasteiger partial charge is 0.438 e. The van der Waals surface area contributed by atoms with Crippen LogP contribution in [0.25, 0.3) is 0 Å². The zero-order valence-electron chi connectivity index (χ0n) is 8.73. The first-order chi connectivity index (χ1) is 8.49. The fourth-order valence-corrected chi connectivity index (χ4v) is 1.85. The number of alkyl halides is 3. The summed E-state index contributed by atoms with van der Waals surface area (Å²) < 4.78 is 42.2. The molecule has 2 aromatic heterocycles. The molecule has 0 N–H and O–H groups in total. The highest BCUT2D eigenvalue weighted by molar-refractivity contribution is 7.10. The molecule has 7 heteroatoms. The van der Waals surface area contributed by atoms with Crippen LogP contribution in [0.5, 0.6) is 11.6 Å². The van der Waals surface area contributed by atoms with Crippen LogP contribution < -0.4 is 4.74 Å². The standard InChI is InChI=1S/C11H5F3N2OS/c12-11(13,14)9-4-8(6-18-9)17-10-3-7(5-15)1-2-16-10/h1-4,6H. The molecular weight excluding hydrogens is 265 g/mol. The van der Waals surface area contributed by atoms with Crippen molar-refractivity contribution >= 4 is 11.3 Å². The molecule has 92 valence electrons. The van der Waals surface area contributed by atoms with Crippen molar-refractivity contribution < 1.29 is 17.9 Å². The lowest BCUT2D eigenvalue weighted by Gasteiger charge is -2.02. The predicted octanol–water partition coefficient (Wildman–Crippen LogP) is 3.83. The predicted molar refractivity (Wildman–Crippen MR) is 58.3 cm³/mol. The summed E-state index contributed by atoms with van der Waals surface area (Å²) in [6.07, 6.45) is -3.03. The molecular formula is C11H5F3N2OS. The molecule has 2 aromatic rings. The fraction of sp³-hybridized carbons (Fsp3) is 0.0909. The van der Waals surface area contributed by atoms with Crippen molar-refractivity contribution in [3.05, 3.63) is 40.2 Å². The Bertz CT molecular complexity index is 601. The molecule has 2 rings (SSSR count). The van der Waals surface area contributed by atoms with Crippen molar-refractivity contribution in [2.45, 2.75) is 6.18 Å². The van der Waals surface area contributed by atoms with Crippen LogP contribution in [-0.2, 0) is 6.18 Å². The highest BCUT2D eigenvalue weighted by atomic mass is 32.1. The van der Waals surface area contributed by atoms with Crippen molar-refractivity contribution in [1.29, 1.82) is 5.26 Å². The first-order valence-electron chi connectivity index (χ1n) is 4.69. The van der Waals surface area contributed by atoms with Gasteiger partial charge in [-0.25, -0.2) is 4.98 Å². The smallest absolute Gasteiger partial charge is 0.425 e. The molecule has 0 amide bonds. The lowest BCUT2D eigenvalue weighted by atomic mass is 10.3. The van der Waals surface area contributed by atoms with Crippen LogP contribution in [0.3, 0.4) is 0 Å². The maximum atomic E-state index is 12.4. The minimum Gasteiger partial charge on any atom is -0.438 e. The highest BCUT2D eigenvalue weighted by Crippen LogP contribution is 2.37. The normalized spacial score (nSPS) is 11.0. The number of hydrogen-bond donors (Lipinski definition) is 0. The summed E-state index contributed by atoms with van der Waals surface area (Å²) in [5.41, 5.74) is 0.325. The van der Waals surface area contributed by atoms with Gasteiger partial charge < -0.3 is 4.74 Å². The van der Waals surface area contributed by atoms with Gasteiger partial charge in [-0.05, 0) is 6.07 Å². The van der Waals surface area contributed by atoms with Gasteiger partial charge in [0.25, 0.3) is 0 Å². The van der Waals surface area contributed by atoms with E-state index in [0.29, 0.717) is 16.9 Å². The van der Waals surface area contributed by atoms with E-state index < -0.39 is 11.1 Å². The second-order valence-corrected chi connectivity index (χ2v) is 4.15. The Hall–Kier alpha value is -2.07. The van der Waals surface area contributed by atoms with E-state index in [0.717, 1.165) is 6.07 Å². The Morgan fingerprint density at radius 3 is 2.72 bits per heavy atom. The minimum atomic E-state index is -4.38. The van der Waals surface area contributed by atoms with Crippen LogP contribution in [0, 0.1) is 11.3 Å². The van der Waals surface area contributed by atoms with Gasteiger partial charge in [-0.1, -0.05) is 0 Å². The van der Waals surface area contributed by atoms with Gasteiger partial charge in [-0.2, -0.15) is 18.4 Å². The van der Waals surface area contributed by atoms with Crippen molar-refractivity contribution in [2.24, 2.45) is 0 Å². The average molecular weight is 270 g/mol. The maximum Gasteiger partial charge on any atom is 0.425 e. The van der Waals surface area contributed by atoms with Crippen LogP contribution in [0.4, 0.5) is 13.2 Å². The first kappa shape index (κ1) is 12.4. The lowest BCUT2D eigenvalue weighted by molar-refractivity contribution is -0.134. The number of rotatable bonds is 2. The molecule has 0 bridgehead atoms. The number of nitrogens with zero attached hydrogens (tertiary/aromatic N) is 2. The monoisotopic (exact) mass is 270 g/mol. The van der Waals surface area contributed by atoms with Gasteiger partial charge in [0, 0.05) is 23.7 Å². The van der Waals surface area contributed by atoms with E-state index in [1.807, 2.05) is 6.07 Å². The average Bonchev–Trinajstić information content (AvgIpc) is 2.77. The van der Waals surface area contributed by atoms with E-state index in [1.54, 1.807) is 0 Å². The number of aromatic nitrogens is 1. The molecule has 18 heavy (non-hydrogen) atoms. The maximum absolute atomic E-state index is 12.4. The van der Waals surface area contributed by atoms with Crippen molar-refractivity contribution in [2.75, 3.05) is 0 Å². The number of thiophene rings is 1. The van der Waals surface area contributed by atoms with E-state index in [1.165, 1.54) is 23.7 Å². The molecule has 0 saturated heterocycles. The van der Waals surface area contributed by atoms with Crippen molar-refractivity contribution in [3.8, 4) is 17.7 Å². The van der Waals surface area contributed by atoms with Crippen molar-refractivity contribution in [3.63, 3.8) is 0 Å². The zero-order chi connectivity index (χ0) is 13.2. The topological polar surface area (TPSA) is 45.9 Å². The second kappa shape index (κ2) is 4.66. The summed E-state index contributed by atoms with van der Waals surface area (Å²) in [4.78, 5) is 3.06. The van der Waals surface area contributed by atoms with Crippen LogP contribution in [0.15, 0.2) is 29.8 Å².